The van der Waals surface area contributed by atoms with Crippen molar-refractivity contribution in [3.05, 3.63) is 72.1 Å². The summed E-state index contributed by atoms with van der Waals surface area (Å²) < 4.78 is 0. The van der Waals surface area contributed by atoms with Gasteiger partial charge in [-0.1, -0.05) is 31.4 Å². The maximum absolute atomic E-state index is 4.08. The summed E-state index contributed by atoms with van der Waals surface area (Å²) in [6.07, 6.45) is 8.12. The van der Waals surface area contributed by atoms with E-state index >= 15 is 0 Å². The van der Waals surface area contributed by atoms with Gasteiger partial charge in [0.1, 0.15) is 0 Å². The van der Waals surface area contributed by atoms with Crippen LogP contribution in [0.3, 0.4) is 0 Å². The number of rotatable bonds is 4. The molecule has 0 saturated heterocycles. The van der Waals surface area contributed by atoms with Gasteiger partial charge >= 0.3 is 0 Å². The van der Waals surface area contributed by atoms with Gasteiger partial charge in [0.15, 0.2) is 0 Å². The second-order valence-electron chi connectivity index (χ2n) is 5.08. The van der Waals surface area contributed by atoms with Crippen LogP contribution >= 0.6 is 0 Å². The molecule has 2 nitrogen and oxygen atoms in total. The first-order valence-electron chi connectivity index (χ1n) is 6.93. The molecule has 0 atom stereocenters. The number of hydrogen-bond acceptors (Lipinski definition) is 2. The van der Waals surface area contributed by atoms with Crippen LogP contribution in [-0.2, 0) is 6.42 Å². The molecule has 20 heavy (non-hydrogen) atoms. The van der Waals surface area contributed by atoms with E-state index in [1.165, 1.54) is 11.3 Å². The maximum atomic E-state index is 4.08. The largest absolute Gasteiger partial charge is 0.359 e. The number of anilines is 2. The summed E-state index contributed by atoms with van der Waals surface area (Å²) >= 11 is 0. The molecule has 2 rings (SSSR count). The molecule has 1 aliphatic rings. The molecule has 0 aliphatic carbocycles. The fourth-order valence-electron chi connectivity index (χ4n) is 2.15. The lowest BCUT2D eigenvalue weighted by atomic mass is 10.0. The van der Waals surface area contributed by atoms with Crippen molar-refractivity contribution in [1.82, 2.24) is 0 Å². The second kappa shape index (κ2) is 6.29. The highest BCUT2D eigenvalue weighted by molar-refractivity contribution is 5.65. The number of nitrogens with one attached hydrogen (secondary N) is 2. The van der Waals surface area contributed by atoms with Gasteiger partial charge in [0.2, 0.25) is 0 Å². The molecule has 0 amide bonds. The highest BCUT2D eigenvalue weighted by Gasteiger charge is 2.11. The topological polar surface area (TPSA) is 24.1 Å². The van der Waals surface area contributed by atoms with Crippen LogP contribution in [0.4, 0.5) is 11.4 Å². The molecular weight excluding hydrogens is 244 g/mol. The summed E-state index contributed by atoms with van der Waals surface area (Å²) in [7, 11) is 0. The van der Waals surface area contributed by atoms with Gasteiger partial charge in [-0.2, -0.15) is 0 Å². The third-order valence-corrected chi connectivity index (χ3v) is 3.42. The highest BCUT2D eigenvalue weighted by atomic mass is 14.9. The fraction of sp³-hybridized carbons (Fsp3) is 0.222. The smallest absolute Gasteiger partial charge is 0.0415 e. The van der Waals surface area contributed by atoms with Crippen molar-refractivity contribution in [2.75, 3.05) is 10.6 Å². The van der Waals surface area contributed by atoms with E-state index in [4.69, 9.17) is 0 Å². The highest BCUT2D eigenvalue weighted by Crippen LogP contribution is 2.29. The predicted molar refractivity (Wildman–Crippen MR) is 88.9 cm³/mol. The van der Waals surface area contributed by atoms with Gasteiger partial charge in [-0.25, -0.2) is 0 Å². The molecule has 0 unspecified atom stereocenters. The van der Waals surface area contributed by atoms with Gasteiger partial charge in [-0.15, -0.1) is 0 Å². The minimum atomic E-state index is 0.927. The van der Waals surface area contributed by atoms with Gasteiger partial charge in [-0.05, 0) is 56.0 Å². The Kier molecular flexibility index (Phi) is 4.46. The Balaban J connectivity index is 2.11. The van der Waals surface area contributed by atoms with Gasteiger partial charge in [0, 0.05) is 22.8 Å². The Morgan fingerprint density at radius 2 is 2.15 bits per heavy atom. The molecule has 0 radical (unpaired) electrons. The summed E-state index contributed by atoms with van der Waals surface area (Å²) in [5, 5.41) is 6.69. The van der Waals surface area contributed by atoms with Crippen molar-refractivity contribution in [3.8, 4) is 0 Å². The van der Waals surface area contributed by atoms with E-state index < -0.39 is 0 Å². The van der Waals surface area contributed by atoms with Gasteiger partial charge in [0.25, 0.3) is 0 Å². The van der Waals surface area contributed by atoms with Crippen molar-refractivity contribution in [2.45, 2.75) is 26.7 Å². The standard InChI is InChI=1S/C18H22N2/c1-5-6-7-13(2)15(4)20-17-10-11-18-16(12-17)9-8-14(3)19-18/h5-7,10-12,19-20H,3-4,8-9H2,1-2H3/b6-5-,13-7+. The summed E-state index contributed by atoms with van der Waals surface area (Å²) in [5.74, 6) is 0. The quantitative estimate of drug-likeness (QED) is 0.749. The molecule has 1 heterocycles. The minimum absolute atomic E-state index is 0.927. The second-order valence-corrected chi connectivity index (χ2v) is 5.08. The van der Waals surface area contributed by atoms with Crippen LogP contribution in [0.1, 0.15) is 25.8 Å². The van der Waals surface area contributed by atoms with Crippen LogP contribution in [0, 0.1) is 0 Å². The monoisotopic (exact) mass is 266 g/mol. The Hall–Kier alpha value is -2.22. The van der Waals surface area contributed by atoms with Crippen molar-refractivity contribution in [2.24, 2.45) is 0 Å². The van der Waals surface area contributed by atoms with E-state index in [0.29, 0.717) is 0 Å². The number of allylic oxidation sites excluding steroid dienone is 5. The number of fused-ring (bicyclic) bond motifs is 1. The molecule has 0 saturated carbocycles. The van der Waals surface area contributed by atoms with E-state index in [1.54, 1.807) is 0 Å². The summed E-state index contributed by atoms with van der Waals surface area (Å²) in [5.41, 5.74) is 6.72. The number of benzene rings is 1. The SMILES string of the molecule is C=C1CCc2cc(NC(=C)/C(C)=C/C=C\C)ccc2N1. The van der Waals surface area contributed by atoms with E-state index in [9.17, 15) is 0 Å². The van der Waals surface area contributed by atoms with E-state index in [0.717, 1.165) is 35.5 Å². The van der Waals surface area contributed by atoms with Crippen LogP contribution in [0.5, 0.6) is 0 Å². The van der Waals surface area contributed by atoms with Crippen molar-refractivity contribution >= 4 is 11.4 Å². The first-order valence-corrected chi connectivity index (χ1v) is 6.93. The molecule has 104 valence electrons. The third-order valence-electron chi connectivity index (χ3n) is 3.42. The molecule has 0 spiro atoms. The predicted octanol–water partition coefficient (Wildman–Crippen LogP) is 5.01. The first kappa shape index (κ1) is 14.2. The number of hydrogen-bond donors (Lipinski definition) is 2. The summed E-state index contributed by atoms with van der Waals surface area (Å²) in [4.78, 5) is 0. The molecular formula is C18H22N2. The average Bonchev–Trinajstić information content (AvgIpc) is 2.44. The zero-order chi connectivity index (χ0) is 14.5. The lowest BCUT2D eigenvalue weighted by Crippen LogP contribution is -2.09. The number of aryl methyl sites for hydroxylation is 1. The van der Waals surface area contributed by atoms with Gasteiger partial charge in [-0.3, -0.25) is 0 Å². The Morgan fingerprint density at radius 3 is 2.90 bits per heavy atom. The molecule has 0 aromatic heterocycles. The zero-order valence-corrected chi connectivity index (χ0v) is 12.3. The van der Waals surface area contributed by atoms with Gasteiger partial charge < -0.3 is 10.6 Å². The molecule has 2 N–H and O–H groups in total. The van der Waals surface area contributed by atoms with E-state index in [1.807, 2.05) is 19.1 Å². The molecule has 0 fully saturated rings. The van der Waals surface area contributed by atoms with Crippen LogP contribution < -0.4 is 10.6 Å². The molecule has 1 aliphatic heterocycles. The lowest BCUT2D eigenvalue weighted by molar-refractivity contribution is 0.919. The minimum Gasteiger partial charge on any atom is -0.359 e. The van der Waals surface area contributed by atoms with Crippen LogP contribution in [-0.4, -0.2) is 0 Å². The summed E-state index contributed by atoms with van der Waals surface area (Å²) in [6.45, 7) is 12.1. The fourth-order valence-corrected chi connectivity index (χ4v) is 2.15. The molecule has 1 aromatic rings. The molecule has 1 aromatic carbocycles. The molecule has 0 bridgehead atoms. The van der Waals surface area contributed by atoms with Crippen molar-refractivity contribution in [3.63, 3.8) is 0 Å². The van der Waals surface area contributed by atoms with Crippen LogP contribution in [0.2, 0.25) is 0 Å². The normalized spacial score (nSPS) is 14.9. The first-order chi connectivity index (χ1) is 9.60. The van der Waals surface area contributed by atoms with Crippen molar-refractivity contribution in [1.29, 1.82) is 0 Å². The Bertz CT molecular complexity index is 591. The van der Waals surface area contributed by atoms with Crippen LogP contribution in [0.25, 0.3) is 0 Å². The van der Waals surface area contributed by atoms with E-state index in [-0.39, 0.29) is 0 Å². The Morgan fingerprint density at radius 1 is 1.35 bits per heavy atom. The lowest BCUT2D eigenvalue weighted by Gasteiger charge is -2.21. The molecule has 2 heteroatoms. The Labute approximate surface area is 121 Å². The maximum Gasteiger partial charge on any atom is 0.0415 e. The van der Waals surface area contributed by atoms with Gasteiger partial charge in [0.05, 0.1) is 0 Å². The zero-order valence-electron chi connectivity index (χ0n) is 12.3. The average molecular weight is 266 g/mol. The van der Waals surface area contributed by atoms with Crippen LogP contribution in [0.15, 0.2) is 66.6 Å². The van der Waals surface area contributed by atoms with E-state index in [2.05, 4.69) is 55.0 Å². The van der Waals surface area contributed by atoms with Crippen molar-refractivity contribution < 1.29 is 0 Å². The third kappa shape index (κ3) is 3.41. The summed E-state index contributed by atoms with van der Waals surface area (Å²) in [6, 6.07) is 6.35.